The highest BCUT2D eigenvalue weighted by Gasteiger charge is 1.98. The first-order valence-corrected chi connectivity index (χ1v) is 6.54. The van der Waals surface area contributed by atoms with Crippen LogP contribution in [0.4, 0.5) is 5.69 Å². The predicted octanol–water partition coefficient (Wildman–Crippen LogP) is 4.36. The van der Waals surface area contributed by atoms with Crippen LogP contribution in [0, 0.1) is 6.92 Å². The third-order valence-electron chi connectivity index (χ3n) is 2.45. The van der Waals surface area contributed by atoms with Crippen molar-refractivity contribution in [1.82, 2.24) is 0 Å². The van der Waals surface area contributed by atoms with Gasteiger partial charge < -0.3 is 5.32 Å². The fraction of sp³-hybridized carbons (Fsp3) is 0.231. The summed E-state index contributed by atoms with van der Waals surface area (Å²) in [6, 6.07) is 10.3. The van der Waals surface area contributed by atoms with Crippen molar-refractivity contribution in [2.75, 3.05) is 11.9 Å². The zero-order valence-electron chi connectivity index (χ0n) is 9.16. The summed E-state index contributed by atoms with van der Waals surface area (Å²) in [6.07, 6.45) is 1.06. The Morgan fingerprint density at radius 2 is 2.19 bits per heavy atom. The number of rotatable bonds is 4. The molecule has 0 bridgehead atoms. The van der Waals surface area contributed by atoms with Crippen LogP contribution in [0.15, 0.2) is 35.7 Å². The molecule has 16 heavy (non-hydrogen) atoms. The fourth-order valence-electron chi connectivity index (χ4n) is 1.49. The SMILES string of the molecule is Cc1ccc(NCCc2cccs2)cc1Cl. The third kappa shape index (κ3) is 3.00. The third-order valence-corrected chi connectivity index (χ3v) is 3.80. The fourth-order valence-corrected chi connectivity index (χ4v) is 2.38. The molecule has 0 aliphatic carbocycles. The second-order valence-electron chi connectivity index (χ2n) is 3.72. The lowest BCUT2D eigenvalue weighted by Crippen LogP contribution is -2.03. The molecule has 1 nitrogen and oxygen atoms in total. The van der Waals surface area contributed by atoms with Gasteiger partial charge in [0, 0.05) is 22.1 Å². The van der Waals surface area contributed by atoms with E-state index in [1.807, 2.05) is 19.1 Å². The molecule has 1 N–H and O–H groups in total. The topological polar surface area (TPSA) is 12.0 Å². The van der Waals surface area contributed by atoms with E-state index in [1.54, 1.807) is 11.3 Å². The second-order valence-corrected chi connectivity index (χ2v) is 5.16. The van der Waals surface area contributed by atoms with Gasteiger partial charge in [-0.2, -0.15) is 0 Å². The van der Waals surface area contributed by atoms with E-state index in [0.717, 1.165) is 29.2 Å². The number of thiophene rings is 1. The van der Waals surface area contributed by atoms with Gasteiger partial charge in [-0.15, -0.1) is 11.3 Å². The van der Waals surface area contributed by atoms with Gasteiger partial charge in [0.05, 0.1) is 0 Å². The first-order chi connectivity index (χ1) is 7.75. The van der Waals surface area contributed by atoms with E-state index in [0.29, 0.717) is 0 Å². The molecule has 0 aliphatic heterocycles. The molecule has 0 saturated heterocycles. The van der Waals surface area contributed by atoms with Crippen molar-refractivity contribution in [1.29, 1.82) is 0 Å². The molecular formula is C13H14ClNS. The standard InChI is InChI=1S/C13H14ClNS/c1-10-4-5-11(9-13(10)14)15-7-6-12-3-2-8-16-12/h2-5,8-9,15H,6-7H2,1H3. The Labute approximate surface area is 105 Å². The highest BCUT2D eigenvalue weighted by molar-refractivity contribution is 7.09. The molecular weight excluding hydrogens is 238 g/mol. The molecule has 0 unspecified atom stereocenters. The van der Waals surface area contributed by atoms with Crippen LogP contribution in [-0.4, -0.2) is 6.54 Å². The lowest BCUT2D eigenvalue weighted by atomic mass is 10.2. The van der Waals surface area contributed by atoms with Crippen LogP contribution >= 0.6 is 22.9 Å². The van der Waals surface area contributed by atoms with E-state index in [-0.39, 0.29) is 0 Å². The maximum absolute atomic E-state index is 6.05. The van der Waals surface area contributed by atoms with Gasteiger partial charge in [-0.1, -0.05) is 23.7 Å². The minimum Gasteiger partial charge on any atom is -0.385 e. The molecule has 3 heteroatoms. The molecule has 1 aromatic carbocycles. The molecule has 2 rings (SSSR count). The van der Waals surface area contributed by atoms with Gasteiger partial charge >= 0.3 is 0 Å². The summed E-state index contributed by atoms with van der Waals surface area (Å²) >= 11 is 7.85. The van der Waals surface area contributed by atoms with E-state index < -0.39 is 0 Å². The number of hydrogen-bond acceptors (Lipinski definition) is 2. The second kappa shape index (κ2) is 5.37. The van der Waals surface area contributed by atoms with Crippen LogP contribution in [0.25, 0.3) is 0 Å². The van der Waals surface area contributed by atoms with Crippen molar-refractivity contribution in [3.8, 4) is 0 Å². The average Bonchev–Trinajstić information content (AvgIpc) is 2.76. The molecule has 0 fully saturated rings. The van der Waals surface area contributed by atoms with E-state index in [1.165, 1.54) is 4.88 Å². The van der Waals surface area contributed by atoms with Crippen LogP contribution in [0.1, 0.15) is 10.4 Å². The molecule has 0 radical (unpaired) electrons. The van der Waals surface area contributed by atoms with E-state index >= 15 is 0 Å². The lowest BCUT2D eigenvalue weighted by molar-refractivity contribution is 1.04. The van der Waals surface area contributed by atoms with Crippen molar-refractivity contribution in [3.63, 3.8) is 0 Å². The van der Waals surface area contributed by atoms with Crippen LogP contribution in [0.5, 0.6) is 0 Å². The van der Waals surface area contributed by atoms with E-state index in [4.69, 9.17) is 11.6 Å². The molecule has 1 aromatic heterocycles. The number of aryl methyl sites for hydroxylation is 1. The monoisotopic (exact) mass is 251 g/mol. The van der Waals surface area contributed by atoms with Crippen molar-refractivity contribution in [2.24, 2.45) is 0 Å². The molecule has 1 heterocycles. The van der Waals surface area contributed by atoms with Gasteiger partial charge in [0.15, 0.2) is 0 Å². The van der Waals surface area contributed by atoms with Gasteiger partial charge in [0.1, 0.15) is 0 Å². The highest BCUT2D eigenvalue weighted by Crippen LogP contribution is 2.20. The molecule has 0 atom stereocenters. The number of halogens is 1. The predicted molar refractivity (Wildman–Crippen MR) is 72.7 cm³/mol. The first kappa shape index (κ1) is 11.5. The van der Waals surface area contributed by atoms with Crippen LogP contribution < -0.4 is 5.32 Å². The van der Waals surface area contributed by atoms with Crippen molar-refractivity contribution in [3.05, 3.63) is 51.2 Å². The molecule has 84 valence electrons. The number of anilines is 1. The van der Waals surface area contributed by atoms with E-state index in [2.05, 4.69) is 28.9 Å². The maximum Gasteiger partial charge on any atom is 0.0455 e. The Morgan fingerprint density at radius 3 is 2.88 bits per heavy atom. The van der Waals surface area contributed by atoms with Gasteiger partial charge in [-0.3, -0.25) is 0 Å². The van der Waals surface area contributed by atoms with Gasteiger partial charge in [-0.05, 0) is 42.5 Å². The normalized spacial score (nSPS) is 10.4. The van der Waals surface area contributed by atoms with Crippen molar-refractivity contribution < 1.29 is 0 Å². The summed E-state index contributed by atoms with van der Waals surface area (Å²) in [5, 5.41) is 6.30. The van der Waals surface area contributed by atoms with Crippen molar-refractivity contribution in [2.45, 2.75) is 13.3 Å². The van der Waals surface area contributed by atoms with Crippen LogP contribution in [0.2, 0.25) is 5.02 Å². The molecule has 0 saturated carbocycles. The Bertz CT molecular complexity index is 451. The summed E-state index contributed by atoms with van der Waals surface area (Å²) in [5.41, 5.74) is 2.21. The summed E-state index contributed by atoms with van der Waals surface area (Å²) in [7, 11) is 0. The lowest BCUT2D eigenvalue weighted by Gasteiger charge is -2.07. The van der Waals surface area contributed by atoms with E-state index in [9.17, 15) is 0 Å². The number of hydrogen-bond donors (Lipinski definition) is 1. The van der Waals surface area contributed by atoms with Gasteiger partial charge in [0.25, 0.3) is 0 Å². The Hall–Kier alpha value is -0.990. The van der Waals surface area contributed by atoms with Crippen LogP contribution in [-0.2, 0) is 6.42 Å². The Kier molecular flexibility index (Phi) is 3.86. The first-order valence-electron chi connectivity index (χ1n) is 5.28. The Balaban J connectivity index is 1.87. The Morgan fingerprint density at radius 1 is 1.31 bits per heavy atom. The molecule has 0 aliphatic rings. The van der Waals surface area contributed by atoms with Gasteiger partial charge in [-0.25, -0.2) is 0 Å². The summed E-state index contributed by atoms with van der Waals surface area (Å²) in [5.74, 6) is 0. The highest BCUT2D eigenvalue weighted by atomic mass is 35.5. The quantitative estimate of drug-likeness (QED) is 0.851. The minimum atomic E-state index is 0.820. The van der Waals surface area contributed by atoms with Crippen LogP contribution in [0.3, 0.4) is 0 Å². The van der Waals surface area contributed by atoms with Crippen molar-refractivity contribution >= 4 is 28.6 Å². The summed E-state index contributed by atoms with van der Waals surface area (Å²) < 4.78 is 0. The largest absolute Gasteiger partial charge is 0.385 e. The smallest absolute Gasteiger partial charge is 0.0455 e. The van der Waals surface area contributed by atoms with Gasteiger partial charge in [0.2, 0.25) is 0 Å². The summed E-state index contributed by atoms with van der Waals surface area (Å²) in [4.78, 5) is 1.41. The zero-order valence-corrected chi connectivity index (χ0v) is 10.7. The minimum absolute atomic E-state index is 0.820. The maximum atomic E-state index is 6.05. The number of benzene rings is 1. The molecule has 2 aromatic rings. The molecule has 0 amide bonds. The number of nitrogens with one attached hydrogen (secondary N) is 1. The molecule has 0 spiro atoms. The average molecular weight is 252 g/mol. The summed E-state index contributed by atoms with van der Waals surface area (Å²) in [6.45, 7) is 2.96. The zero-order chi connectivity index (χ0) is 11.4.